The highest BCUT2D eigenvalue weighted by atomic mass is 16.3. The molecular formula is C32H30O2. The van der Waals surface area contributed by atoms with E-state index in [-0.39, 0.29) is 11.5 Å². The van der Waals surface area contributed by atoms with Gasteiger partial charge in [0, 0.05) is 16.7 Å². The van der Waals surface area contributed by atoms with E-state index in [9.17, 15) is 10.2 Å². The zero-order chi connectivity index (χ0) is 23.8. The van der Waals surface area contributed by atoms with E-state index >= 15 is 0 Å². The van der Waals surface area contributed by atoms with E-state index in [1.165, 1.54) is 16.7 Å². The molecular weight excluding hydrogens is 416 g/mol. The minimum Gasteiger partial charge on any atom is -0.507 e. The van der Waals surface area contributed by atoms with Gasteiger partial charge in [0.15, 0.2) is 0 Å². The van der Waals surface area contributed by atoms with Crippen molar-refractivity contribution in [2.45, 2.75) is 40.0 Å². The summed E-state index contributed by atoms with van der Waals surface area (Å²) in [5.74, 6) is 0.392. The van der Waals surface area contributed by atoms with Gasteiger partial charge in [-0.2, -0.15) is 0 Å². The maximum atomic E-state index is 11.9. The lowest BCUT2D eigenvalue weighted by atomic mass is 9.84. The lowest BCUT2D eigenvalue weighted by Gasteiger charge is -2.21. The van der Waals surface area contributed by atoms with Crippen molar-refractivity contribution in [2.24, 2.45) is 0 Å². The van der Waals surface area contributed by atoms with Gasteiger partial charge in [0.2, 0.25) is 0 Å². The van der Waals surface area contributed by atoms with Crippen molar-refractivity contribution in [1.82, 2.24) is 0 Å². The van der Waals surface area contributed by atoms with Crippen molar-refractivity contribution >= 4 is 21.5 Å². The molecule has 0 unspecified atom stereocenters. The molecule has 170 valence electrons. The quantitative estimate of drug-likeness (QED) is 0.284. The Morgan fingerprint density at radius 3 is 1.76 bits per heavy atom. The second-order valence-electron chi connectivity index (χ2n) is 8.90. The normalized spacial score (nSPS) is 11.4. The molecule has 34 heavy (non-hydrogen) atoms. The zero-order valence-electron chi connectivity index (χ0n) is 20.0. The number of aromatic hydroxyl groups is 2. The van der Waals surface area contributed by atoms with Crippen LogP contribution >= 0.6 is 0 Å². The first-order chi connectivity index (χ1) is 16.6. The van der Waals surface area contributed by atoms with Crippen molar-refractivity contribution in [2.75, 3.05) is 0 Å². The third kappa shape index (κ3) is 3.51. The lowest BCUT2D eigenvalue weighted by molar-refractivity contribution is 0.471. The summed E-state index contributed by atoms with van der Waals surface area (Å²) in [6, 6.07) is 26.4. The molecule has 0 spiro atoms. The predicted octanol–water partition coefficient (Wildman–Crippen LogP) is 8.43. The summed E-state index contributed by atoms with van der Waals surface area (Å²) < 4.78 is 0. The maximum Gasteiger partial charge on any atom is 0.132 e. The summed E-state index contributed by atoms with van der Waals surface area (Å²) in [6.07, 6.45) is 2.76. The van der Waals surface area contributed by atoms with Crippen LogP contribution in [0.5, 0.6) is 11.5 Å². The number of rotatable bonds is 5. The maximum absolute atomic E-state index is 11.9. The monoisotopic (exact) mass is 446 g/mol. The average Bonchev–Trinajstić information content (AvgIpc) is 2.88. The second kappa shape index (κ2) is 8.87. The molecule has 0 bridgehead atoms. The summed E-state index contributed by atoms with van der Waals surface area (Å²) >= 11 is 0. The number of phenolic OH excluding ortho intramolecular Hbond substituents is 2. The molecule has 0 heterocycles. The summed E-state index contributed by atoms with van der Waals surface area (Å²) in [4.78, 5) is 0. The van der Waals surface area contributed by atoms with Crippen molar-refractivity contribution < 1.29 is 10.2 Å². The van der Waals surface area contributed by atoms with Gasteiger partial charge in [-0.05, 0) is 75.2 Å². The van der Waals surface area contributed by atoms with Gasteiger partial charge < -0.3 is 10.2 Å². The lowest BCUT2D eigenvalue weighted by Crippen LogP contribution is -1.99. The Balaban J connectivity index is 1.94. The minimum atomic E-state index is 0.170. The van der Waals surface area contributed by atoms with Crippen LogP contribution in [0, 0.1) is 0 Å². The Morgan fingerprint density at radius 1 is 0.559 bits per heavy atom. The van der Waals surface area contributed by atoms with Crippen molar-refractivity contribution in [1.29, 1.82) is 0 Å². The third-order valence-electron chi connectivity index (χ3n) is 6.98. The van der Waals surface area contributed by atoms with E-state index in [2.05, 4.69) is 45.0 Å². The number of benzene rings is 5. The van der Waals surface area contributed by atoms with E-state index < -0.39 is 0 Å². The highest BCUT2D eigenvalue weighted by Gasteiger charge is 2.22. The van der Waals surface area contributed by atoms with Gasteiger partial charge in [-0.1, -0.05) is 87.5 Å². The van der Waals surface area contributed by atoms with E-state index in [4.69, 9.17) is 0 Å². The number of hydrogen-bond acceptors (Lipinski definition) is 2. The summed E-state index contributed by atoms with van der Waals surface area (Å²) in [6.45, 7) is 6.53. The van der Waals surface area contributed by atoms with Gasteiger partial charge in [-0.15, -0.1) is 0 Å². The van der Waals surface area contributed by atoms with E-state index in [0.717, 1.165) is 51.9 Å². The Morgan fingerprint density at radius 2 is 1.15 bits per heavy atom. The van der Waals surface area contributed by atoms with Gasteiger partial charge in [-0.25, -0.2) is 0 Å². The van der Waals surface area contributed by atoms with Crippen LogP contribution in [0.4, 0.5) is 0 Å². The van der Waals surface area contributed by atoms with E-state index in [1.807, 2.05) is 48.5 Å². The van der Waals surface area contributed by atoms with Gasteiger partial charge in [0.05, 0.1) is 0 Å². The van der Waals surface area contributed by atoms with Gasteiger partial charge in [-0.3, -0.25) is 0 Å². The Hall–Kier alpha value is -3.78. The number of aryl methyl sites for hydroxylation is 3. The van der Waals surface area contributed by atoms with Crippen LogP contribution in [0.25, 0.3) is 43.8 Å². The average molecular weight is 447 g/mol. The van der Waals surface area contributed by atoms with Crippen molar-refractivity contribution in [3.63, 3.8) is 0 Å². The van der Waals surface area contributed by atoms with Crippen LogP contribution < -0.4 is 0 Å². The first-order valence-corrected chi connectivity index (χ1v) is 12.2. The van der Waals surface area contributed by atoms with Crippen LogP contribution in [0.2, 0.25) is 0 Å². The Labute approximate surface area is 201 Å². The molecule has 0 aliphatic rings. The fourth-order valence-corrected chi connectivity index (χ4v) is 5.25. The first kappa shape index (κ1) is 22.0. The van der Waals surface area contributed by atoms with Crippen LogP contribution in [-0.2, 0) is 19.3 Å². The third-order valence-corrected chi connectivity index (χ3v) is 6.98. The first-order valence-electron chi connectivity index (χ1n) is 12.2. The number of phenols is 2. The molecule has 0 amide bonds. The molecule has 5 rings (SSSR count). The van der Waals surface area contributed by atoms with Crippen LogP contribution in [0.15, 0.2) is 78.9 Å². The molecule has 0 atom stereocenters. The summed E-state index contributed by atoms with van der Waals surface area (Å²) in [5, 5.41) is 26.9. The molecule has 2 nitrogen and oxygen atoms in total. The van der Waals surface area contributed by atoms with E-state index in [1.54, 1.807) is 6.07 Å². The molecule has 0 aromatic heterocycles. The molecule has 0 radical (unpaired) electrons. The molecule has 2 N–H and O–H groups in total. The molecule has 0 aliphatic carbocycles. The predicted molar refractivity (Wildman–Crippen MR) is 144 cm³/mol. The molecule has 0 aliphatic heterocycles. The smallest absolute Gasteiger partial charge is 0.132 e. The standard InChI is InChI=1S/C32H30O2/c1-4-20-17-21(5-2)29(22(6-3)18-20)27-19-24-12-8-10-14-26(24)31(32(27)34)30-25-13-9-7-11-23(25)15-16-28(30)33/h7-19,33-34H,4-6H2,1-3H3. The highest BCUT2D eigenvalue weighted by Crippen LogP contribution is 2.49. The van der Waals surface area contributed by atoms with Gasteiger partial charge in [0.1, 0.15) is 11.5 Å². The van der Waals surface area contributed by atoms with E-state index in [0.29, 0.717) is 11.1 Å². The van der Waals surface area contributed by atoms with Crippen LogP contribution in [-0.4, -0.2) is 10.2 Å². The summed E-state index contributed by atoms with van der Waals surface area (Å²) in [7, 11) is 0. The molecule has 0 fully saturated rings. The number of fused-ring (bicyclic) bond motifs is 2. The largest absolute Gasteiger partial charge is 0.507 e. The highest BCUT2D eigenvalue weighted by molar-refractivity contribution is 6.12. The van der Waals surface area contributed by atoms with Crippen molar-refractivity contribution in [3.05, 3.63) is 95.6 Å². The summed E-state index contributed by atoms with van der Waals surface area (Å²) in [5.41, 5.74) is 7.12. The SMILES string of the molecule is CCc1cc(CC)c(-c2cc3ccccc3c(-c3c(O)ccc4ccccc34)c2O)c(CC)c1. The molecule has 0 saturated carbocycles. The second-order valence-corrected chi connectivity index (χ2v) is 8.90. The minimum absolute atomic E-state index is 0.170. The topological polar surface area (TPSA) is 40.5 Å². The fraction of sp³-hybridized carbons (Fsp3) is 0.188. The Bertz CT molecular complexity index is 1500. The molecule has 0 saturated heterocycles. The molecule has 2 heteroatoms. The van der Waals surface area contributed by atoms with Crippen LogP contribution in [0.1, 0.15) is 37.5 Å². The van der Waals surface area contributed by atoms with Crippen molar-refractivity contribution in [3.8, 4) is 33.8 Å². The zero-order valence-corrected chi connectivity index (χ0v) is 20.0. The van der Waals surface area contributed by atoms with Crippen LogP contribution in [0.3, 0.4) is 0 Å². The fourth-order valence-electron chi connectivity index (χ4n) is 5.25. The van der Waals surface area contributed by atoms with Gasteiger partial charge in [0.25, 0.3) is 0 Å². The van der Waals surface area contributed by atoms with Gasteiger partial charge >= 0.3 is 0 Å². The molecule has 5 aromatic rings. The number of hydrogen-bond donors (Lipinski definition) is 2. The molecule has 5 aromatic carbocycles. The Kier molecular flexibility index (Phi) is 5.75.